The molecular weight excluding hydrogens is 288 g/mol. The van der Waals surface area contributed by atoms with Gasteiger partial charge in [0.1, 0.15) is 5.75 Å². The van der Waals surface area contributed by atoms with Crippen molar-refractivity contribution in [3.63, 3.8) is 0 Å². The fourth-order valence-corrected chi connectivity index (χ4v) is 2.46. The zero-order chi connectivity index (χ0) is 16.1. The van der Waals surface area contributed by atoms with Crippen LogP contribution in [0.2, 0.25) is 0 Å². The maximum atomic E-state index is 12.1. The molecule has 4 N–H and O–H groups in total. The monoisotopic (exact) mass is 306 g/mol. The van der Waals surface area contributed by atoms with E-state index in [2.05, 4.69) is 5.32 Å². The first-order valence-corrected chi connectivity index (χ1v) is 7.00. The molecule has 7 heteroatoms. The molecule has 0 aliphatic heterocycles. The van der Waals surface area contributed by atoms with E-state index in [4.69, 9.17) is 15.6 Å². The molecule has 1 saturated carbocycles. The number of aliphatic carboxylic acids is 1. The lowest BCUT2D eigenvalue weighted by Gasteiger charge is -2.12. The van der Waals surface area contributed by atoms with Gasteiger partial charge in [-0.1, -0.05) is 0 Å². The minimum Gasteiger partial charge on any atom is -0.484 e. The van der Waals surface area contributed by atoms with Gasteiger partial charge in [0.15, 0.2) is 6.61 Å². The molecule has 0 aromatic heterocycles. The fourth-order valence-electron chi connectivity index (χ4n) is 2.46. The van der Waals surface area contributed by atoms with Crippen LogP contribution in [0, 0.1) is 5.92 Å². The van der Waals surface area contributed by atoms with Crippen molar-refractivity contribution in [2.75, 3.05) is 6.61 Å². The Bertz CT molecular complexity index is 570. The minimum absolute atomic E-state index is 0.112. The molecule has 1 aliphatic carbocycles. The zero-order valence-corrected chi connectivity index (χ0v) is 12.0. The van der Waals surface area contributed by atoms with Gasteiger partial charge in [0, 0.05) is 11.6 Å². The van der Waals surface area contributed by atoms with Gasteiger partial charge in [-0.15, -0.1) is 0 Å². The van der Waals surface area contributed by atoms with E-state index in [1.165, 1.54) is 0 Å². The predicted molar refractivity (Wildman–Crippen MR) is 77.4 cm³/mol. The highest BCUT2D eigenvalue weighted by molar-refractivity contribution is 5.94. The summed E-state index contributed by atoms with van der Waals surface area (Å²) in [5.41, 5.74) is 5.42. The van der Waals surface area contributed by atoms with Gasteiger partial charge in [0.05, 0.1) is 5.92 Å². The van der Waals surface area contributed by atoms with Crippen LogP contribution in [0.1, 0.15) is 29.6 Å². The highest BCUT2D eigenvalue weighted by Crippen LogP contribution is 2.26. The summed E-state index contributed by atoms with van der Waals surface area (Å²) < 4.78 is 5.10. The molecule has 0 saturated heterocycles. The Morgan fingerprint density at radius 3 is 2.45 bits per heavy atom. The normalized spacial score (nSPS) is 20.4. The van der Waals surface area contributed by atoms with Gasteiger partial charge in [-0.2, -0.15) is 0 Å². The first-order valence-electron chi connectivity index (χ1n) is 7.00. The van der Waals surface area contributed by atoms with Crippen LogP contribution in [0.5, 0.6) is 5.75 Å². The smallest absolute Gasteiger partial charge is 0.306 e. The number of carbonyl (C=O) groups excluding carboxylic acids is 2. The summed E-state index contributed by atoms with van der Waals surface area (Å²) in [5.74, 6) is -1.57. The van der Waals surface area contributed by atoms with Crippen molar-refractivity contribution in [3.05, 3.63) is 29.8 Å². The van der Waals surface area contributed by atoms with Gasteiger partial charge in [0.2, 0.25) is 0 Å². The van der Waals surface area contributed by atoms with Gasteiger partial charge in [-0.05, 0) is 43.5 Å². The predicted octanol–water partition coefficient (Wildman–Crippen LogP) is 0.534. The summed E-state index contributed by atoms with van der Waals surface area (Å²) in [6.07, 6.45) is 1.71. The lowest BCUT2D eigenvalue weighted by molar-refractivity contribution is -0.141. The van der Waals surface area contributed by atoms with E-state index in [0.717, 1.165) is 0 Å². The molecular formula is C15H18N2O5. The molecule has 0 radical (unpaired) electrons. The van der Waals surface area contributed by atoms with E-state index in [0.29, 0.717) is 30.6 Å². The number of carboxylic acid groups (broad SMARTS) is 1. The molecule has 2 rings (SSSR count). The van der Waals surface area contributed by atoms with Crippen molar-refractivity contribution in [1.82, 2.24) is 5.32 Å². The van der Waals surface area contributed by atoms with Crippen molar-refractivity contribution >= 4 is 17.8 Å². The van der Waals surface area contributed by atoms with Crippen molar-refractivity contribution in [2.24, 2.45) is 11.7 Å². The first-order chi connectivity index (χ1) is 10.5. The fraction of sp³-hybridized carbons (Fsp3) is 0.400. The van der Waals surface area contributed by atoms with Gasteiger partial charge < -0.3 is 20.9 Å². The van der Waals surface area contributed by atoms with Gasteiger partial charge >= 0.3 is 5.97 Å². The van der Waals surface area contributed by atoms with Gasteiger partial charge in [-0.25, -0.2) is 0 Å². The minimum atomic E-state index is -0.812. The summed E-state index contributed by atoms with van der Waals surface area (Å²) in [6.45, 7) is -0.218. The summed E-state index contributed by atoms with van der Waals surface area (Å²) in [6, 6.07) is 6.20. The maximum Gasteiger partial charge on any atom is 0.306 e. The number of ether oxygens (including phenoxy) is 1. The van der Waals surface area contributed by atoms with Crippen molar-refractivity contribution in [2.45, 2.75) is 25.3 Å². The van der Waals surface area contributed by atoms with E-state index in [1.54, 1.807) is 24.3 Å². The number of nitrogens with one attached hydrogen (secondary N) is 1. The molecule has 2 atom stereocenters. The number of hydrogen-bond donors (Lipinski definition) is 3. The number of primary amides is 1. The lowest BCUT2D eigenvalue weighted by atomic mass is 10.1. The van der Waals surface area contributed by atoms with Crippen LogP contribution in [0.15, 0.2) is 24.3 Å². The van der Waals surface area contributed by atoms with Crippen LogP contribution in [-0.4, -0.2) is 35.5 Å². The van der Waals surface area contributed by atoms with Crippen molar-refractivity contribution in [1.29, 1.82) is 0 Å². The molecule has 1 aliphatic rings. The van der Waals surface area contributed by atoms with E-state index in [1.807, 2.05) is 0 Å². The summed E-state index contributed by atoms with van der Waals surface area (Å²) in [7, 11) is 0. The Kier molecular flexibility index (Phi) is 4.98. The third-order valence-electron chi connectivity index (χ3n) is 3.61. The number of amides is 2. The topological polar surface area (TPSA) is 119 Å². The van der Waals surface area contributed by atoms with E-state index >= 15 is 0 Å². The second kappa shape index (κ2) is 6.93. The Balaban J connectivity index is 1.87. The van der Waals surface area contributed by atoms with Crippen LogP contribution in [0.3, 0.4) is 0 Å². The van der Waals surface area contributed by atoms with Crippen LogP contribution in [0.25, 0.3) is 0 Å². The number of hydrogen-bond acceptors (Lipinski definition) is 4. The average Bonchev–Trinajstić information content (AvgIpc) is 2.94. The Labute approximate surface area is 127 Å². The summed E-state index contributed by atoms with van der Waals surface area (Å²) in [5, 5.41) is 11.8. The second-order valence-corrected chi connectivity index (χ2v) is 5.30. The number of benzene rings is 1. The van der Waals surface area contributed by atoms with Gasteiger partial charge in [0.25, 0.3) is 11.8 Å². The summed E-state index contributed by atoms with van der Waals surface area (Å²) >= 11 is 0. The van der Waals surface area contributed by atoms with Crippen LogP contribution < -0.4 is 15.8 Å². The second-order valence-electron chi connectivity index (χ2n) is 5.30. The SMILES string of the molecule is NC(=O)COc1ccc(C(=O)N[C@@H]2CC[C@H](C(=O)O)C2)cc1. The summed E-state index contributed by atoms with van der Waals surface area (Å²) in [4.78, 5) is 33.6. The molecule has 0 spiro atoms. The van der Waals surface area contributed by atoms with E-state index < -0.39 is 11.9 Å². The largest absolute Gasteiger partial charge is 0.484 e. The third kappa shape index (κ3) is 4.21. The number of nitrogens with two attached hydrogens (primary N) is 1. The molecule has 22 heavy (non-hydrogen) atoms. The van der Waals surface area contributed by atoms with E-state index in [9.17, 15) is 14.4 Å². The third-order valence-corrected chi connectivity index (χ3v) is 3.61. The molecule has 0 unspecified atom stereocenters. The standard InChI is InChI=1S/C15H18N2O5/c16-13(18)8-22-12-5-2-9(3-6-12)14(19)17-11-4-1-10(7-11)15(20)21/h2-3,5-6,10-11H,1,4,7-8H2,(H2,16,18)(H,17,19)(H,20,21)/t10-,11+/m0/s1. The molecule has 118 valence electrons. The number of carbonyl (C=O) groups is 3. The highest BCUT2D eigenvalue weighted by Gasteiger charge is 2.30. The Morgan fingerprint density at radius 2 is 1.91 bits per heavy atom. The Hall–Kier alpha value is -2.57. The Morgan fingerprint density at radius 1 is 1.23 bits per heavy atom. The van der Waals surface area contributed by atoms with Crippen LogP contribution >= 0.6 is 0 Å². The quantitative estimate of drug-likeness (QED) is 0.708. The zero-order valence-electron chi connectivity index (χ0n) is 12.0. The highest BCUT2D eigenvalue weighted by atomic mass is 16.5. The molecule has 1 fully saturated rings. The molecule has 2 amide bonds. The molecule has 0 bridgehead atoms. The number of carboxylic acids is 1. The van der Waals surface area contributed by atoms with Crippen LogP contribution in [0.4, 0.5) is 0 Å². The van der Waals surface area contributed by atoms with Crippen molar-refractivity contribution in [3.8, 4) is 5.75 Å². The maximum absolute atomic E-state index is 12.1. The number of rotatable bonds is 6. The van der Waals surface area contributed by atoms with E-state index in [-0.39, 0.29) is 24.5 Å². The average molecular weight is 306 g/mol. The van der Waals surface area contributed by atoms with Crippen LogP contribution in [-0.2, 0) is 9.59 Å². The van der Waals surface area contributed by atoms with Gasteiger partial charge in [-0.3, -0.25) is 14.4 Å². The molecule has 1 aromatic carbocycles. The molecule has 1 aromatic rings. The lowest BCUT2D eigenvalue weighted by Crippen LogP contribution is -2.33. The first kappa shape index (κ1) is 15.8. The molecule has 7 nitrogen and oxygen atoms in total. The molecule has 0 heterocycles. The van der Waals surface area contributed by atoms with Crippen molar-refractivity contribution < 1.29 is 24.2 Å².